The summed E-state index contributed by atoms with van der Waals surface area (Å²) < 4.78 is 11.6. The number of hydrogen-bond donors (Lipinski definition) is 1. The van der Waals surface area contributed by atoms with Crippen molar-refractivity contribution < 1.29 is 9.47 Å². The van der Waals surface area contributed by atoms with E-state index in [-0.39, 0.29) is 11.2 Å². The number of piperidine rings is 1. The van der Waals surface area contributed by atoms with Gasteiger partial charge >= 0.3 is 0 Å². The zero-order chi connectivity index (χ0) is 18.9. The average Bonchev–Trinajstić information content (AvgIpc) is 3.10. The van der Waals surface area contributed by atoms with E-state index in [9.17, 15) is 0 Å². The molecule has 0 aliphatic carbocycles. The van der Waals surface area contributed by atoms with Crippen molar-refractivity contribution in [3.8, 4) is 0 Å². The fraction of sp³-hybridized carbons (Fsp3) is 0.550. The Morgan fingerprint density at radius 2 is 1.70 bits per heavy atom. The van der Waals surface area contributed by atoms with Gasteiger partial charge < -0.3 is 19.7 Å². The van der Waals surface area contributed by atoms with Gasteiger partial charge in [0.2, 0.25) is 5.95 Å². The molecule has 2 aliphatic heterocycles. The molecule has 0 atom stereocenters. The molecule has 144 valence electrons. The smallest absolute Gasteiger partial charge is 0.249 e. The van der Waals surface area contributed by atoms with Crippen molar-refractivity contribution in [3.05, 3.63) is 36.0 Å². The second-order valence-corrected chi connectivity index (χ2v) is 8.19. The lowest BCUT2D eigenvalue weighted by Crippen LogP contribution is -2.45. The number of rotatable bonds is 3. The summed E-state index contributed by atoms with van der Waals surface area (Å²) in [7, 11) is 0. The predicted molar refractivity (Wildman–Crippen MR) is 104 cm³/mol. The van der Waals surface area contributed by atoms with Gasteiger partial charge in [-0.1, -0.05) is 32.9 Å². The molecule has 27 heavy (non-hydrogen) atoms. The Hall–Kier alpha value is -2.25. The van der Waals surface area contributed by atoms with Crippen LogP contribution in [0.2, 0.25) is 0 Å². The zero-order valence-corrected chi connectivity index (χ0v) is 16.2. The van der Waals surface area contributed by atoms with Crippen LogP contribution in [0.5, 0.6) is 0 Å². The molecule has 0 amide bonds. The number of nitrogens with zero attached hydrogens (tertiary/aromatic N) is 4. The van der Waals surface area contributed by atoms with E-state index in [0.29, 0.717) is 19.2 Å². The van der Waals surface area contributed by atoms with E-state index in [1.54, 1.807) is 6.20 Å². The highest BCUT2D eigenvalue weighted by molar-refractivity contribution is 5.55. The van der Waals surface area contributed by atoms with Gasteiger partial charge in [-0.3, -0.25) is 0 Å². The molecule has 4 rings (SSSR count). The largest absolute Gasteiger partial charge is 0.355 e. The molecular weight excluding hydrogens is 342 g/mol. The van der Waals surface area contributed by atoms with Crippen LogP contribution in [0, 0.1) is 0 Å². The lowest BCUT2D eigenvalue weighted by Gasteiger charge is -2.37. The first kappa shape index (κ1) is 18.1. The number of nitrogens with one attached hydrogen (secondary N) is 1. The summed E-state index contributed by atoms with van der Waals surface area (Å²) in [6.07, 6.45) is 3.39. The van der Waals surface area contributed by atoms with Crippen LogP contribution in [0.4, 0.5) is 17.5 Å². The predicted octanol–water partition coefficient (Wildman–Crippen LogP) is 3.26. The maximum atomic E-state index is 5.79. The number of hydrogen-bond acceptors (Lipinski definition) is 7. The van der Waals surface area contributed by atoms with Gasteiger partial charge in [-0.15, -0.1) is 5.10 Å². The lowest BCUT2D eigenvalue weighted by molar-refractivity contribution is -0.169. The quantitative estimate of drug-likeness (QED) is 0.890. The van der Waals surface area contributed by atoms with Crippen LogP contribution in [0.3, 0.4) is 0 Å². The third kappa shape index (κ3) is 4.04. The fourth-order valence-electron chi connectivity index (χ4n) is 3.55. The first-order valence-electron chi connectivity index (χ1n) is 9.54. The van der Waals surface area contributed by atoms with Crippen molar-refractivity contribution >= 4 is 17.5 Å². The van der Waals surface area contributed by atoms with Gasteiger partial charge in [-0.05, 0) is 23.1 Å². The van der Waals surface area contributed by atoms with E-state index >= 15 is 0 Å². The van der Waals surface area contributed by atoms with Gasteiger partial charge in [-0.25, -0.2) is 0 Å². The highest BCUT2D eigenvalue weighted by Crippen LogP contribution is 2.32. The van der Waals surface area contributed by atoms with Crippen LogP contribution in [0.1, 0.15) is 39.2 Å². The molecular formula is C20H27N5O2. The van der Waals surface area contributed by atoms with E-state index in [2.05, 4.69) is 70.4 Å². The van der Waals surface area contributed by atoms with Crippen LogP contribution in [0.25, 0.3) is 0 Å². The van der Waals surface area contributed by atoms with Gasteiger partial charge in [0.1, 0.15) is 0 Å². The summed E-state index contributed by atoms with van der Waals surface area (Å²) in [5, 5.41) is 11.5. The van der Waals surface area contributed by atoms with Gasteiger partial charge in [0.25, 0.3) is 0 Å². The summed E-state index contributed by atoms with van der Waals surface area (Å²) in [6, 6.07) is 8.36. The highest BCUT2D eigenvalue weighted by atomic mass is 16.7. The Balaban J connectivity index is 1.42. The summed E-state index contributed by atoms with van der Waals surface area (Å²) in [6.45, 7) is 9.66. The molecule has 2 fully saturated rings. The third-order valence-electron chi connectivity index (χ3n) is 5.22. The molecule has 1 aromatic heterocycles. The SMILES string of the molecule is CC(C)(C)c1ccc(Nc2nncc(N3CCC4(CC3)OCCO4)n2)cc1. The van der Waals surface area contributed by atoms with Crippen LogP contribution in [-0.2, 0) is 14.9 Å². The van der Waals surface area contributed by atoms with Crippen LogP contribution in [-0.4, -0.2) is 47.3 Å². The first-order chi connectivity index (χ1) is 12.9. The summed E-state index contributed by atoms with van der Waals surface area (Å²) in [4.78, 5) is 6.84. The highest BCUT2D eigenvalue weighted by Gasteiger charge is 2.40. The minimum Gasteiger partial charge on any atom is -0.355 e. The molecule has 0 radical (unpaired) electrons. The van der Waals surface area contributed by atoms with Gasteiger partial charge in [0, 0.05) is 31.6 Å². The Bertz CT molecular complexity index is 772. The molecule has 0 saturated carbocycles. The van der Waals surface area contributed by atoms with Crippen molar-refractivity contribution in [2.45, 2.75) is 44.8 Å². The Labute approximate surface area is 160 Å². The van der Waals surface area contributed by atoms with E-state index in [1.165, 1.54) is 5.56 Å². The van der Waals surface area contributed by atoms with E-state index in [1.807, 2.05) is 0 Å². The van der Waals surface area contributed by atoms with Gasteiger partial charge in [0.05, 0.1) is 19.4 Å². The monoisotopic (exact) mass is 369 g/mol. The molecule has 2 saturated heterocycles. The molecule has 1 spiro atoms. The average molecular weight is 369 g/mol. The van der Waals surface area contributed by atoms with Crippen molar-refractivity contribution in [1.29, 1.82) is 0 Å². The molecule has 1 aromatic carbocycles. The van der Waals surface area contributed by atoms with Crippen LogP contribution in [0.15, 0.2) is 30.5 Å². The molecule has 2 aromatic rings. The van der Waals surface area contributed by atoms with E-state index < -0.39 is 0 Å². The number of ether oxygens (including phenoxy) is 2. The maximum absolute atomic E-state index is 5.79. The van der Waals surface area contributed by atoms with Gasteiger partial charge in [0.15, 0.2) is 11.6 Å². The van der Waals surface area contributed by atoms with Crippen LogP contribution < -0.4 is 10.2 Å². The zero-order valence-electron chi connectivity index (χ0n) is 16.2. The minimum atomic E-state index is -0.382. The first-order valence-corrected chi connectivity index (χ1v) is 9.54. The van der Waals surface area contributed by atoms with Crippen molar-refractivity contribution in [2.24, 2.45) is 0 Å². The van der Waals surface area contributed by atoms with Crippen molar-refractivity contribution in [2.75, 3.05) is 36.5 Å². The van der Waals surface area contributed by atoms with Crippen LogP contribution >= 0.6 is 0 Å². The van der Waals surface area contributed by atoms with Crippen molar-refractivity contribution in [1.82, 2.24) is 15.2 Å². The molecule has 3 heterocycles. The number of aromatic nitrogens is 3. The fourth-order valence-corrected chi connectivity index (χ4v) is 3.55. The maximum Gasteiger partial charge on any atom is 0.249 e. The summed E-state index contributed by atoms with van der Waals surface area (Å²) >= 11 is 0. The molecule has 7 nitrogen and oxygen atoms in total. The molecule has 1 N–H and O–H groups in total. The minimum absolute atomic E-state index is 0.134. The number of anilines is 3. The lowest BCUT2D eigenvalue weighted by atomic mass is 9.87. The Morgan fingerprint density at radius 3 is 2.33 bits per heavy atom. The summed E-state index contributed by atoms with van der Waals surface area (Å²) in [5.41, 5.74) is 2.38. The third-order valence-corrected chi connectivity index (χ3v) is 5.22. The molecule has 0 unspecified atom stereocenters. The Morgan fingerprint density at radius 1 is 1.04 bits per heavy atom. The normalized spacial score (nSPS) is 19.4. The number of benzene rings is 1. The second-order valence-electron chi connectivity index (χ2n) is 8.19. The van der Waals surface area contributed by atoms with E-state index in [0.717, 1.165) is 37.4 Å². The topological polar surface area (TPSA) is 72.4 Å². The van der Waals surface area contributed by atoms with E-state index in [4.69, 9.17) is 9.47 Å². The molecule has 7 heteroatoms. The van der Waals surface area contributed by atoms with Crippen molar-refractivity contribution in [3.63, 3.8) is 0 Å². The molecule has 0 bridgehead atoms. The Kier molecular flexibility index (Phi) is 4.74. The van der Waals surface area contributed by atoms with Gasteiger partial charge in [-0.2, -0.15) is 10.1 Å². The standard InChI is InChI=1S/C20H27N5O2/c1-19(2,3)15-4-6-16(7-5-15)22-18-23-17(14-21-24-18)25-10-8-20(9-11-25)26-12-13-27-20/h4-7,14H,8-13H2,1-3H3,(H,22,23,24). The second kappa shape index (κ2) is 7.05. The summed E-state index contributed by atoms with van der Waals surface area (Å²) in [5.74, 6) is 0.948. The molecule has 2 aliphatic rings.